The van der Waals surface area contributed by atoms with Crippen LogP contribution in [0, 0.1) is 13.8 Å². The van der Waals surface area contributed by atoms with Crippen LogP contribution in [0.1, 0.15) is 16.8 Å². The van der Waals surface area contributed by atoms with Gasteiger partial charge < -0.3 is 9.84 Å². The van der Waals surface area contributed by atoms with Gasteiger partial charge in [0, 0.05) is 16.8 Å². The van der Waals surface area contributed by atoms with Crippen molar-refractivity contribution in [3.8, 4) is 11.6 Å². The summed E-state index contributed by atoms with van der Waals surface area (Å²) in [6, 6.07) is 8.98. The molecule has 0 aliphatic heterocycles. The third-order valence-electron chi connectivity index (χ3n) is 2.69. The summed E-state index contributed by atoms with van der Waals surface area (Å²) in [6.07, 6.45) is 0. The molecule has 4 heteroatoms. The Hall–Kier alpha value is -1.58. The number of aliphatic hydroxyl groups is 1. The summed E-state index contributed by atoms with van der Waals surface area (Å²) < 4.78 is 5.69. The molecule has 1 aromatic heterocycles. The van der Waals surface area contributed by atoms with Gasteiger partial charge in [-0.3, -0.25) is 0 Å². The third-order valence-corrected chi connectivity index (χ3v) is 2.93. The number of aliphatic hydroxyl groups excluding tert-OH is 1. The van der Waals surface area contributed by atoms with Gasteiger partial charge in [-0.15, -0.1) is 0 Å². The molecule has 0 radical (unpaired) electrons. The van der Waals surface area contributed by atoms with Crippen molar-refractivity contribution in [3.05, 3.63) is 52.2 Å². The lowest BCUT2D eigenvalue weighted by atomic mass is 10.2. The number of hydrogen-bond donors (Lipinski definition) is 1. The highest BCUT2D eigenvalue weighted by Gasteiger charge is 2.05. The Morgan fingerprint density at radius 2 is 2.00 bits per heavy atom. The van der Waals surface area contributed by atoms with Gasteiger partial charge in [0.05, 0.1) is 6.61 Å². The molecule has 0 bridgehead atoms. The molecule has 0 aliphatic carbocycles. The maximum absolute atomic E-state index is 9.08. The van der Waals surface area contributed by atoms with Gasteiger partial charge in [0.15, 0.2) is 0 Å². The first-order valence-corrected chi connectivity index (χ1v) is 5.99. The van der Waals surface area contributed by atoms with E-state index in [1.54, 1.807) is 12.1 Å². The summed E-state index contributed by atoms with van der Waals surface area (Å²) in [7, 11) is 0. The zero-order valence-corrected chi connectivity index (χ0v) is 11.0. The van der Waals surface area contributed by atoms with Crippen molar-refractivity contribution >= 4 is 11.6 Å². The molecule has 18 heavy (non-hydrogen) atoms. The van der Waals surface area contributed by atoms with Crippen molar-refractivity contribution < 1.29 is 9.84 Å². The second kappa shape index (κ2) is 5.38. The van der Waals surface area contributed by atoms with E-state index in [0.717, 1.165) is 22.6 Å². The minimum Gasteiger partial charge on any atom is -0.439 e. The van der Waals surface area contributed by atoms with E-state index in [2.05, 4.69) is 4.98 Å². The first kappa shape index (κ1) is 12.9. The molecule has 94 valence electrons. The van der Waals surface area contributed by atoms with Crippen LogP contribution in [-0.2, 0) is 6.61 Å². The molecule has 0 amide bonds. The Morgan fingerprint density at radius 1 is 1.22 bits per heavy atom. The minimum absolute atomic E-state index is 0.0148. The molecule has 0 aliphatic rings. The molecule has 0 fully saturated rings. The highest BCUT2D eigenvalue weighted by molar-refractivity contribution is 6.30. The fourth-order valence-corrected chi connectivity index (χ4v) is 1.86. The number of nitrogens with zero attached hydrogens (tertiary/aromatic N) is 1. The SMILES string of the molecule is Cc1cc(Cl)ccc1Oc1ccc(CO)c(C)n1. The predicted molar refractivity (Wildman–Crippen MR) is 71.2 cm³/mol. The maximum Gasteiger partial charge on any atom is 0.219 e. The number of aromatic nitrogens is 1. The van der Waals surface area contributed by atoms with E-state index in [4.69, 9.17) is 21.4 Å². The number of ether oxygens (including phenoxy) is 1. The Bertz CT molecular complexity index is 570. The van der Waals surface area contributed by atoms with Crippen LogP contribution in [0.4, 0.5) is 0 Å². The highest BCUT2D eigenvalue weighted by atomic mass is 35.5. The van der Waals surface area contributed by atoms with Crippen LogP contribution >= 0.6 is 11.6 Å². The van der Waals surface area contributed by atoms with Gasteiger partial charge in [0.1, 0.15) is 5.75 Å². The molecule has 2 aromatic rings. The summed E-state index contributed by atoms with van der Waals surface area (Å²) >= 11 is 5.89. The highest BCUT2D eigenvalue weighted by Crippen LogP contribution is 2.26. The van der Waals surface area contributed by atoms with Crippen molar-refractivity contribution in [2.75, 3.05) is 0 Å². The van der Waals surface area contributed by atoms with E-state index in [1.165, 1.54) is 0 Å². The average Bonchev–Trinajstić information content (AvgIpc) is 2.33. The average molecular weight is 264 g/mol. The summed E-state index contributed by atoms with van der Waals surface area (Å²) in [5.41, 5.74) is 2.52. The third kappa shape index (κ3) is 2.81. The molecule has 0 atom stereocenters. The molecular weight excluding hydrogens is 250 g/mol. The molecule has 2 rings (SSSR count). The van der Waals surface area contributed by atoms with Crippen LogP contribution in [0.2, 0.25) is 5.02 Å². The normalized spacial score (nSPS) is 10.4. The van der Waals surface area contributed by atoms with E-state index in [9.17, 15) is 0 Å². The number of benzene rings is 1. The van der Waals surface area contributed by atoms with Crippen LogP contribution in [0.5, 0.6) is 11.6 Å². The van der Waals surface area contributed by atoms with Crippen molar-refractivity contribution in [2.45, 2.75) is 20.5 Å². The van der Waals surface area contributed by atoms with Gasteiger partial charge >= 0.3 is 0 Å². The number of halogens is 1. The first-order valence-electron chi connectivity index (χ1n) is 5.61. The summed E-state index contributed by atoms with van der Waals surface area (Å²) in [4.78, 5) is 4.29. The number of hydrogen-bond acceptors (Lipinski definition) is 3. The monoisotopic (exact) mass is 263 g/mol. The number of rotatable bonds is 3. The lowest BCUT2D eigenvalue weighted by Gasteiger charge is -2.09. The fourth-order valence-electron chi connectivity index (χ4n) is 1.63. The van der Waals surface area contributed by atoms with Gasteiger partial charge in [-0.25, -0.2) is 4.98 Å². The van der Waals surface area contributed by atoms with Crippen LogP contribution in [0.15, 0.2) is 30.3 Å². The van der Waals surface area contributed by atoms with Gasteiger partial charge in [-0.2, -0.15) is 0 Å². The second-order valence-corrected chi connectivity index (χ2v) is 4.50. The van der Waals surface area contributed by atoms with Crippen molar-refractivity contribution in [1.29, 1.82) is 0 Å². The molecule has 1 N–H and O–H groups in total. The van der Waals surface area contributed by atoms with Gasteiger partial charge in [0.2, 0.25) is 5.88 Å². The zero-order valence-electron chi connectivity index (χ0n) is 10.3. The van der Waals surface area contributed by atoms with Gasteiger partial charge in [-0.1, -0.05) is 11.6 Å². The van der Waals surface area contributed by atoms with Crippen molar-refractivity contribution in [1.82, 2.24) is 4.98 Å². The standard InChI is InChI=1S/C14H14ClNO2/c1-9-7-12(15)4-5-13(9)18-14-6-3-11(8-17)10(2)16-14/h3-7,17H,8H2,1-2H3. The Kier molecular flexibility index (Phi) is 3.84. The Balaban J connectivity index is 2.26. The molecule has 0 saturated heterocycles. The van der Waals surface area contributed by atoms with E-state index < -0.39 is 0 Å². The predicted octanol–water partition coefficient (Wildman–Crippen LogP) is 3.64. The molecule has 1 heterocycles. The topological polar surface area (TPSA) is 42.4 Å². The molecule has 3 nitrogen and oxygen atoms in total. The number of aryl methyl sites for hydroxylation is 2. The van der Waals surface area contributed by atoms with E-state index >= 15 is 0 Å². The smallest absolute Gasteiger partial charge is 0.219 e. The lowest BCUT2D eigenvalue weighted by molar-refractivity contribution is 0.280. The summed E-state index contributed by atoms with van der Waals surface area (Å²) in [6.45, 7) is 3.75. The zero-order chi connectivity index (χ0) is 13.1. The molecule has 1 aromatic carbocycles. The lowest BCUT2D eigenvalue weighted by Crippen LogP contribution is -1.96. The number of pyridine rings is 1. The van der Waals surface area contributed by atoms with Crippen molar-refractivity contribution in [3.63, 3.8) is 0 Å². The molecule has 0 spiro atoms. The molecular formula is C14H14ClNO2. The maximum atomic E-state index is 9.08. The Morgan fingerprint density at radius 3 is 2.61 bits per heavy atom. The van der Waals surface area contributed by atoms with E-state index in [0.29, 0.717) is 10.9 Å². The minimum atomic E-state index is -0.0148. The van der Waals surface area contributed by atoms with Crippen LogP contribution in [0.3, 0.4) is 0 Å². The van der Waals surface area contributed by atoms with Gasteiger partial charge in [0.25, 0.3) is 0 Å². The van der Waals surface area contributed by atoms with Crippen molar-refractivity contribution in [2.24, 2.45) is 0 Å². The quantitative estimate of drug-likeness (QED) is 0.919. The van der Waals surface area contributed by atoms with Crippen LogP contribution in [0.25, 0.3) is 0 Å². The van der Waals surface area contributed by atoms with E-state index in [1.807, 2.05) is 32.0 Å². The van der Waals surface area contributed by atoms with Crippen LogP contribution in [-0.4, -0.2) is 10.1 Å². The summed E-state index contributed by atoms with van der Waals surface area (Å²) in [5, 5.41) is 9.76. The second-order valence-electron chi connectivity index (χ2n) is 4.06. The largest absolute Gasteiger partial charge is 0.439 e. The molecule has 0 saturated carbocycles. The van der Waals surface area contributed by atoms with Crippen LogP contribution < -0.4 is 4.74 Å². The summed E-state index contributed by atoms with van der Waals surface area (Å²) in [5.74, 6) is 1.23. The molecule has 0 unspecified atom stereocenters. The Labute approximate surface area is 111 Å². The fraction of sp³-hybridized carbons (Fsp3) is 0.214. The first-order chi connectivity index (χ1) is 8.60. The van der Waals surface area contributed by atoms with Gasteiger partial charge in [-0.05, 0) is 49.2 Å². The van der Waals surface area contributed by atoms with E-state index in [-0.39, 0.29) is 6.61 Å².